The summed E-state index contributed by atoms with van der Waals surface area (Å²) in [5.41, 5.74) is 0.805. The molecule has 7 heteroatoms. The predicted octanol–water partition coefficient (Wildman–Crippen LogP) is 3.32. The lowest BCUT2D eigenvalue weighted by Crippen LogP contribution is -2.22. The second kappa shape index (κ2) is 8.01. The number of methoxy groups -OCH3 is 1. The van der Waals surface area contributed by atoms with E-state index in [2.05, 4.69) is 4.72 Å². The number of sulfonamides is 1. The molecule has 26 heavy (non-hydrogen) atoms. The number of aliphatic hydroxyl groups is 1. The minimum atomic E-state index is -3.61. The number of hydrogen-bond acceptors (Lipinski definition) is 5. The zero-order valence-electron chi connectivity index (χ0n) is 14.1. The second-order valence-electron chi connectivity index (χ2n) is 5.62. The lowest BCUT2D eigenvalue weighted by atomic mass is 10.1. The van der Waals surface area contributed by atoms with E-state index < -0.39 is 16.1 Å². The molecule has 2 N–H and O–H groups in total. The molecule has 5 nitrogen and oxygen atoms in total. The van der Waals surface area contributed by atoms with Crippen LogP contribution in [-0.2, 0) is 16.6 Å². The first-order valence-corrected chi connectivity index (χ1v) is 10.2. The summed E-state index contributed by atoms with van der Waals surface area (Å²) in [6.07, 6.45) is -0.715. The molecule has 0 radical (unpaired) electrons. The third-order valence-electron chi connectivity index (χ3n) is 3.87. The first-order valence-electron chi connectivity index (χ1n) is 7.95. The van der Waals surface area contributed by atoms with Crippen molar-refractivity contribution in [1.82, 2.24) is 4.72 Å². The minimum Gasteiger partial charge on any atom is -0.497 e. The fourth-order valence-corrected chi connectivity index (χ4v) is 4.51. The van der Waals surface area contributed by atoms with Gasteiger partial charge in [0.2, 0.25) is 10.0 Å². The van der Waals surface area contributed by atoms with Crippen LogP contribution in [0, 0.1) is 0 Å². The van der Waals surface area contributed by atoms with Gasteiger partial charge in [0.25, 0.3) is 0 Å². The molecule has 0 aliphatic heterocycles. The molecule has 3 rings (SSSR count). The van der Waals surface area contributed by atoms with Crippen molar-refractivity contribution in [3.05, 3.63) is 82.0 Å². The number of thiophene rings is 1. The molecule has 0 fully saturated rings. The highest BCUT2D eigenvalue weighted by atomic mass is 32.2. The quantitative estimate of drug-likeness (QED) is 0.650. The molecule has 2 aromatic carbocycles. The van der Waals surface area contributed by atoms with Crippen LogP contribution < -0.4 is 9.46 Å². The van der Waals surface area contributed by atoms with E-state index in [1.165, 1.54) is 30.6 Å². The summed E-state index contributed by atoms with van der Waals surface area (Å²) < 4.78 is 32.4. The highest BCUT2D eigenvalue weighted by Crippen LogP contribution is 2.28. The number of aliphatic hydroxyl groups excluding tert-OH is 1. The van der Waals surface area contributed by atoms with Crippen LogP contribution in [0.1, 0.15) is 21.4 Å². The van der Waals surface area contributed by atoms with Gasteiger partial charge in [0.05, 0.1) is 12.0 Å². The summed E-state index contributed by atoms with van der Waals surface area (Å²) >= 11 is 1.38. The zero-order chi connectivity index (χ0) is 18.6. The highest BCUT2D eigenvalue weighted by Gasteiger charge is 2.16. The highest BCUT2D eigenvalue weighted by molar-refractivity contribution is 7.89. The summed E-state index contributed by atoms with van der Waals surface area (Å²) in [5, 5.41) is 10.4. The maximum Gasteiger partial charge on any atom is 0.240 e. The molecule has 0 unspecified atom stereocenters. The van der Waals surface area contributed by atoms with E-state index in [1.54, 1.807) is 12.1 Å². The number of nitrogens with one attached hydrogen (secondary N) is 1. The molecule has 0 bridgehead atoms. The van der Waals surface area contributed by atoms with E-state index in [1.807, 2.05) is 42.5 Å². The second-order valence-corrected chi connectivity index (χ2v) is 8.58. The van der Waals surface area contributed by atoms with Gasteiger partial charge in [0.15, 0.2) is 0 Å². The van der Waals surface area contributed by atoms with Crippen molar-refractivity contribution in [3.8, 4) is 5.75 Å². The maximum absolute atomic E-state index is 12.4. The molecular weight excluding hydrogens is 370 g/mol. The molecule has 0 aliphatic carbocycles. The Hall–Kier alpha value is -2.19. The summed E-state index contributed by atoms with van der Waals surface area (Å²) in [7, 11) is -2.08. The monoisotopic (exact) mass is 389 g/mol. The maximum atomic E-state index is 12.4. The van der Waals surface area contributed by atoms with Crippen molar-refractivity contribution >= 4 is 21.4 Å². The van der Waals surface area contributed by atoms with Gasteiger partial charge in [-0.05, 0) is 42.0 Å². The van der Waals surface area contributed by atoms with Gasteiger partial charge < -0.3 is 9.84 Å². The molecule has 0 aliphatic rings. The van der Waals surface area contributed by atoms with Gasteiger partial charge in [0.1, 0.15) is 11.9 Å². The third-order valence-corrected chi connectivity index (χ3v) is 6.43. The Morgan fingerprint density at radius 1 is 1.04 bits per heavy atom. The molecule has 1 aromatic heterocycles. The summed E-state index contributed by atoms with van der Waals surface area (Å²) in [6.45, 7) is 0.167. The average Bonchev–Trinajstić information content (AvgIpc) is 3.16. The van der Waals surface area contributed by atoms with Gasteiger partial charge >= 0.3 is 0 Å². The Bertz CT molecular complexity index is 951. The predicted molar refractivity (Wildman–Crippen MR) is 102 cm³/mol. The van der Waals surface area contributed by atoms with Crippen LogP contribution in [-0.4, -0.2) is 20.6 Å². The molecule has 3 aromatic rings. The van der Waals surface area contributed by atoms with Crippen LogP contribution in [0.2, 0.25) is 0 Å². The summed E-state index contributed by atoms with van der Waals surface area (Å²) in [4.78, 5) is 1.78. The van der Waals surface area contributed by atoms with E-state index >= 15 is 0 Å². The average molecular weight is 389 g/mol. The summed E-state index contributed by atoms with van der Waals surface area (Å²) in [5.74, 6) is 0.599. The standard InChI is InChI=1S/C19H19NO4S2/c1-24-15-7-10-17(11-8-15)26(22,23)20-13-16-9-12-18(25-16)19(21)14-5-3-2-4-6-14/h2-12,19-21H,13H2,1H3/t19-/m1/s1. The Morgan fingerprint density at radius 2 is 1.73 bits per heavy atom. The van der Waals surface area contributed by atoms with Crippen LogP contribution in [0.15, 0.2) is 71.6 Å². The van der Waals surface area contributed by atoms with Gasteiger partial charge in [-0.25, -0.2) is 13.1 Å². The first-order chi connectivity index (χ1) is 12.5. The van der Waals surface area contributed by atoms with Crippen molar-refractivity contribution in [1.29, 1.82) is 0 Å². The fraction of sp³-hybridized carbons (Fsp3) is 0.158. The van der Waals surface area contributed by atoms with Gasteiger partial charge in [-0.3, -0.25) is 0 Å². The smallest absolute Gasteiger partial charge is 0.240 e. The van der Waals surface area contributed by atoms with Crippen LogP contribution in [0.5, 0.6) is 5.75 Å². The Balaban J connectivity index is 1.67. The SMILES string of the molecule is COc1ccc(S(=O)(=O)NCc2ccc([C@H](O)c3ccccc3)s2)cc1. The van der Waals surface area contributed by atoms with Gasteiger partial charge in [-0.1, -0.05) is 30.3 Å². The van der Waals surface area contributed by atoms with Crippen molar-refractivity contribution < 1.29 is 18.3 Å². The number of rotatable bonds is 7. The molecule has 136 valence electrons. The van der Waals surface area contributed by atoms with E-state index in [9.17, 15) is 13.5 Å². The normalized spacial score (nSPS) is 12.7. The molecule has 0 saturated carbocycles. The Morgan fingerprint density at radius 3 is 2.38 bits per heavy atom. The molecule has 0 amide bonds. The van der Waals surface area contributed by atoms with Crippen molar-refractivity contribution in [2.75, 3.05) is 7.11 Å². The summed E-state index contributed by atoms with van der Waals surface area (Å²) in [6, 6.07) is 19.2. The molecule has 1 atom stereocenters. The fourth-order valence-electron chi connectivity index (χ4n) is 2.44. The third kappa shape index (κ3) is 4.31. The van der Waals surface area contributed by atoms with Crippen molar-refractivity contribution in [3.63, 3.8) is 0 Å². The number of ether oxygens (including phenoxy) is 1. The minimum absolute atomic E-state index is 0.167. The molecule has 1 heterocycles. The number of hydrogen-bond donors (Lipinski definition) is 2. The Kier molecular flexibility index (Phi) is 5.73. The van der Waals surface area contributed by atoms with Crippen LogP contribution in [0.3, 0.4) is 0 Å². The van der Waals surface area contributed by atoms with E-state index in [4.69, 9.17) is 4.74 Å². The van der Waals surface area contributed by atoms with Gasteiger partial charge in [-0.2, -0.15) is 0 Å². The van der Waals surface area contributed by atoms with Crippen LogP contribution in [0.4, 0.5) is 0 Å². The first kappa shape index (κ1) is 18.6. The largest absolute Gasteiger partial charge is 0.497 e. The molecular formula is C19H19NO4S2. The van der Waals surface area contributed by atoms with Gasteiger partial charge in [0, 0.05) is 16.3 Å². The molecule has 0 saturated heterocycles. The van der Waals surface area contributed by atoms with Crippen molar-refractivity contribution in [2.45, 2.75) is 17.5 Å². The van der Waals surface area contributed by atoms with E-state index in [0.717, 1.165) is 15.3 Å². The van der Waals surface area contributed by atoms with Crippen LogP contribution >= 0.6 is 11.3 Å². The van der Waals surface area contributed by atoms with E-state index in [0.29, 0.717) is 5.75 Å². The number of benzene rings is 2. The Labute approximate surface area is 156 Å². The zero-order valence-corrected chi connectivity index (χ0v) is 15.8. The van der Waals surface area contributed by atoms with Crippen molar-refractivity contribution in [2.24, 2.45) is 0 Å². The molecule has 0 spiro atoms. The van der Waals surface area contributed by atoms with Crippen LogP contribution in [0.25, 0.3) is 0 Å². The topological polar surface area (TPSA) is 75.6 Å². The lowest BCUT2D eigenvalue weighted by molar-refractivity contribution is 0.224. The lowest BCUT2D eigenvalue weighted by Gasteiger charge is -2.08. The van der Waals surface area contributed by atoms with E-state index in [-0.39, 0.29) is 11.4 Å². The van der Waals surface area contributed by atoms with Gasteiger partial charge in [-0.15, -0.1) is 11.3 Å².